The van der Waals surface area contributed by atoms with Gasteiger partial charge in [-0.25, -0.2) is 14.6 Å². The van der Waals surface area contributed by atoms with Gasteiger partial charge in [0, 0.05) is 10.8 Å². The van der Waals surface area contributed by atoms with E-state index in [0.717, 1.165) is 44.1 Å². The molecule has 0 saturated heterocycles. The Hall–Kier alpha value is -4.51. The molecular weight excluding hydrogens is 402 g/mol. The van der Waals surface area contributed by atoms with E-state index in [1.807, 2.05) is 54.6 Å². The molecule has 4 aromatic carbocycles. The molecule has 0 aliphatic heterocycles. The van der Waals surface area contributed by atoms with Gasteiger partial charge >= 0.3 is 11.9 Å². The zero-order valence-corrected chi connectivity index (χ0v) is 16.8. The summed E-state index contributed by atoms with van der Waals surface area (Å²) in [7, 11) is 0. The number of aromatic nitrogens is 1. The Morgan fingerprint density at radius 1 is 0.531 bits per heavy atom. The van der Waals surface area contributed by atoms with Crippen molar-refractivity contribution in [2.45, 2.75) is 0 Å². The summed E-state index contributed by atoms with van der Waals surface area (Å²) in [6, 6.07) is 27.5. The first-order valence-electron chi connectivity index (χ1n) is 10.00. The number of fused-ring (bicyclic) bond motifs is 2. The lowest BCUT2D eigenvalue weighted by atomic mass is 9.99. The van der Waals surface area contributed by atoms with Crippen molar-refractivity contribution in [2.75, 3.05) is 0 Å². The summed E-state index contributed by atoms with van der Waals surface area (Å²) >= 11 is 0. The summed E-state index contributed by atoms with van der Waals surface area (Å²) < 4.78 is 0. The minimum atomic E-state index is -0.959. The third kappa shape index (κ3) is 3.56. The average molecular weight is 419 g/mol. The maximum absolute atomic E-state index is 11.3. The molecule has 0 unspecified atom stereocenters. The van der Waals surface area contributed by atoms with Crippen molar-refractivity contribution >= 4 is 33.7 Å². The van der Waals surface area contributed by atoms with Gasteiger partial charge < -0.3 is 10.2 Å². The van der Waals surface area contributed by atoms with Gasteiger partial charge in [-0.05, 0) is 76.9 Å². The number of nitrogens with zero attached hydrogens (tertiary/aromatic N) is 1. The maximum atomic E-state index is 11.3. The predicted molar refractivity (Wildman–Crippen MR) is 124 cm³/mol. The van der Waals surface area contributed by atoms with Crippen LogP contribution in [-0.4, -0.2) is 27.1 Å². The van der Waals surface area contributed by atoms with Crippen LogP contribution < -0.4 is 0 Å². The molecule has 2 N–H and O–H groups in total. The number of benzene rings is 4. The fourth-order valence-corrected chi connectivity index (χ4v) is 3.86. The van der Waals surface area contributed by atoms with E-state index in [-0.39, 0.29) is 11.1 Å². The second-order valence-electron chi connectivity index (χ2n) is 7.58. The highest BCUT2D eigenvalue weighted by Gasteiger charge is 2.09. The van der Waals surface area contributed by atoms with Crippen molar-refractivity contribution in [3.05, 3.63) is 102 Å². The lowest BCUT2D eigenvalue weighted by molar-refractivity contribution is 0.0686. The molecule has 5 nitrogen and oxygen atoms in total. The van der Waals surface area contributed by atoms with E-state index >= 15 is 0 Å². The number of hydrogen-bond donors (Lipinski definition) is 2. The molecular formula is C27H17NO4. The van der Waals surface area contributed by atoms with Crippen LogP contribution in [0.2, 0.25) is 0 Å². The van der Waals surface area contributed by atoms with Crippen molar-refractivity contribution in [1.82, 2.24) is 4.98 Å². The number of carbonyl (C=O) groups is 2. The van der Waals surface area contributed by atoms with E-state index in [1.165, 1.54) is 0 Å². The van der Waals surface area contributed by atoms with Gasteiger partial charge in [-0.1, -0.05) is 36.4 Å². The minimum Gasteiger partial charge on any atom is -0.478 e. The van der Waals surface area contributed by atoms with Crippen molar-refractivity contribution in [1.29, 1.82) is 0 Å². The second kappa shape index (κ2) is 7.63. The molecule has 0 aliphatic rings. The zero-order valence-electron chi connectivity index (χ0n) is 16.8. The highest BCUT2D eigenvalue weighted by molar-refractivity contribution is 5.97. The molecule has 0 amide bonds. The maximum Gasteiger partial charge on any atom is 0.335 e. The summed E-state index contributed by atoms with van der Waals surface area (Å²) in [5.74, 6) is -1.92. The molecule has 5 aromatic rings. The van der Waals surface area contributed by atoms with Crippen LogP contribution in [0.4, 0.5) is 0 Å². The largest absolute Gasteiger partial charge is 0.478 e. The molecule has 0 spiro atoms. The van der Waals surface area contributed by atoms with Crippen molar-refractivity contribution in [3.63, 3.8) is 0 Å². The zero-order chi connectivity index (χ0) is 22.2. The lowest BCUT2D eigenvalue weighted by Crippen LogP contribution is -1.96. The van der Waals surface area contributed by atoms with Crippen LogP contribution >= 0.6 is 0 Å². The van der Waals surface area contributed by atoms with Crippen LogP contribution in [0.1, 0.15) is 20.7 Å². The first-order valence-corrected chi connectivity index (χ1v) is 10.00. The Balaban J connectivity index is 1.61. The van der Waals surface area contributed by atoms with E-state index < -0.39 is 11.9 Å². The molecule has 0 radical (unpaired) electrons. The molecule has 154 valence electrons. The molecule has 0 atom stereocenters. The molecule has 0 bridgehead atoms. The van der Waals surface area contributed by atoms with E-state index in [4.69, 9.17) is 4.98 Å². The normalized spacial score (nSPS) is 11.0. The average Bonchev–Trinajstić information content (AvgIpc) is 2.82. The number of rotatable bonds is 4. The Bertz CT molecular complexity index is 1430. The second-order valence-corrected chi connectivity index (χ2v) is 7.58. The monoisotopic (exact) mass is 419 g/mol. The molecule has 5 heteroatoms. The summed E-state index contributed by atoms with van der Waals surface area (Å²) in [5, 5.41) is 20.4. The number of aromatic carboxylic acids is 2. The number of hydrogen-bond acceptors (Lipinski definition) is 3. The molecule has 1 aromatic heterocycles. The SMILES string of the molecule is O=C(O)c1cccc(-c2ccc3nc4ccc(-c5cccc(C(=O)O)c5)cc4cc3c2)c1. The minimum absolute atomic E-state index is 0.243. The highest BCUT2D eigenvalue weighted by Crippen LogP contribution is 2.29. The van der Waals surface area contributed by atoms with Crippen molar-refractivity contribution in [2.24, 2.45) is 0 Å². The standard InChI is InChI=1S/C27H17NO4/c29-26(30)20-5-1-3-16(11-20)18-7-9-24-22(13-18)15-23-14-19(8-10-25(23)28-24)17-4-2-6-21(12-17)27(31)32/h1-15H,(H,29,30)(H,31,32). The van der Waals surface area contributed by atoms with Crippen LogP contribution in [0.25, 0.3) is 44.1 Å². The molecule has 32 heavy (non-hydrogen) atoms. The van der Waals surface area contributed by atoms with Crippen LogP contribution in [0.5, 0.6) is 0 Å². The van der Waals surface area contributed by atoms with Crippen LogP contribution in [0.15, 0.2) is 91.0 Å². The first kappa shape index (κ1) is 19.5. The van der Waals surface area contributed by atoms with E-state index in [1.54, 1.807) is 36.4 Å². The van der Waals surface area contributed by atoms with Crippen LogP contribution in [0, 0.1) is 0 Å². The predicted octanol–water partition coefficient (Wildman–Crippen LogP) is 6.12. The summed E-state index contributed by atoms with van der Waals surface area (Å²) in [4.78, 5) is 27.4. The molecule has 5 rings (SSSR count). The Kier molecular flexibility index (Phi) is 4.64. The highest BCUT2D eigenvalue weighted by atomic mass is 16.4. The topological polar surface area (TPSA) is 87.5 Å². The van der Waals surface area contributed by atoms with E-state index in [0.29, 0.717) is 0 Å². The van der Waals surface area contributed by atoms with Gasteiger partial charge in [-0.3, -0.25) is 0 Å². The quantitative estimate of drug-likeness (QED) is 0.343. The Morgan fingerprint density at radius 3 is 1.41 bits per heavy atom. The molecule has 1 heterocycles. The van der Waals surface area contributed by atoms with Crippen molar-refractivity contribution < 1.29 is 19.8 Å². The van der Waals surface area contributed by atoms with Crippen LogP contribution in [0.3, 0.4) is 0 Å². The fourth-order valence-electron chi connectivity index (χ4n) is 3.86. The van der Waals surface area contributed by atoms with Gasteiger partial charge in [0.25, 0.3) is 0 Å². The summed E-state index contributed by atoms with van der Waals surface area (Å²) in [5.41, 5.74) is 5.64. The molecule has 0 saturated carbocycles. The fraction of sp³-hybridized carbons (Fsp3) is 0. The van der Waals surface area contributed by atoms with Gasteiger partial charge in [0.2, 0.25) is 0 Å². The van der Waals surface area contributed by atoms with E-state index in [2.05, 4.69) is 0 Å². The number of carboxylic acids is 2. The van der Waals surface area contributed by atoms with Crippen molar-refractivity contribution in [3.8, 4) is 22.3 Å². The van der Waals surface area contributed by atoms with Gasteiger partial charge in [0.15, 0.2) is 0 Å². The van der Waals surface area contributed by atoms with Gasteiger partial charge in [-0.2, -0.15) is 0 Å². The molecule has 0 fully saturated rings. The summed E-state index contributed by atoms with van der Waals surface area (Å²) in [6.07, 6.45) is 0. The third-order valence-corrected chi connectivity index (χ3v) is 5.49. The Labute approximate surface area is 183 Å². The lowest BCUT2D eigenvalue weighted by Gasteiger charge is -2.08. The Morgan fingerprint density at radius 2 is 0.969 bits per heavy atom. The van der Waals surface area contributed by atoms with Gasteiger partial charge in [0.1, 0.15) is 0 Å². The summed E-state index contributed by atoms with van der Waals surface area (Å²) in [6.45, 7) is 0. The molecule has 0 aliphatic carbocycles. The van der Waals surface area contributed by atoms with Crippen LogP contribution in [-0.2, 0) is 0 Å². The first-order chi connectivity index (χ1) is 15.5. The third-order valence-electron chi connectivity index (χ3n) is 5.49. The van der Waals surface area contributed by atoms with Gasteiger partial charge in [0.05, 0.1) is 22.2 Å². The van der Waals surface area contributed by atoms with Gasteiger partial charge in [-0.15, -0.1) is 0 Å². The van der Waals surface area contributed by atoms with E-state index in [9.17, 15) is 19.8 Å². The number of carboxylic acid groups (broad SMARTS) is 2. The smallest absolute Gasteiger partial charge is 0.335 e. The number of pyridine rings is 1.